The van der Waals surface area contributed by atoms with Gasteiger partial charge in [0.25, 0.3) is 0 Å². The maximum atomic E-state index is 10.6. The molecule has 2 aliphatic carbocycles. The van der Waals surface area contributed by atoms with Gasteiger partial charge in [-0.2, -0.15) is 0 Å². The van der Waals surface area contributed by atoms with E-state index in [1.54, 1.807) is 0 Å². The fraction of sp³-hybridized carbons (Fsp3) is 0.625. The van der Waals surface area contributed by atoms with Gasteiger partial charge in [-0.05, 0) is 24.7 Å². The second kappa shape index (κ2) is 1.84. The number of hydrogen-bond donors (Lipinski definition) is 1. The Balaban J connectivity index is 2.16. The lowest BCUT2D eigenvalue weighted by Crippen LogP contribution is -2.17. The van der Waals surface area contributed by atoms with Crippen LogP contribution in [0.3, 0.4) is 0 Å². The zero-order chi connectivity index (χ0) is 7.14. The van der Waals surface area contributed by atoms with Gasteiger partial charge in [0.05, 0.1) is 5.92 Å². The maximum absolute atomic E-state index is 10.6. The molecule has 2 heteroatoms. The number of hydrogen-bond acceptors (Lipinski definition) is 1. The molecule has 2 bridgehead atoms. The normalized spacial score (nSPS) is 42.6. The first-order valence-electron chi connectivity index (χ1n) is 3.68. The van der Waals surface area contributed by atoms with Crippen LogP contribution in [0.2, 0.25) is 0 Å². The second-order valence-corrected chi connectivity index (χ2v) is 3.22. The average Bonchev–Trinajstić information content (AvgIpc) is 2.44. The van der Waals surface area contributed by atoms with Crippen molar-refractivity contribution in [1.29, 1.82) is 0 Å². The van der Waals surface area contributed by atoms with Crippen molar-refractivity contribution in [1.82, 2.24) is 0 Å². The summed E-state index contributed by atoms with van der Waals surface area (Å²) < 4.78 is 0. The first kappa shape index (κ1) is 5.96. The molecule has 54 valence electrons. The summed E-state index contributed by atoms with van der Waals surface area (Å²) in [6, 6.07) is 0. The number of allylic oxidation sites excluding steroid dienone is 2. The largest absolute Gasteiger partial charge is 0.481 e. The molecule has 1 N–H and O–H groups in total. The van der Waals surface area contributed by atoms with Gasteiger partial charge in [0, 0.05) is 0 Å². The van der Waals surface area contributed by atoms with E-state index in [0.717, 1.165) is 12.8 Å². The molecule has 2 rings (SSSR count). The third-order valence-electron chi connectivity index (χ3n) is 2.60. The number of rotatable bonds is 1. The quantitative estimate of drug-likeness (QED) is 0.554. The predicted octanol–water partition coefficient (Wildman–Crippen LogP) is 1.28. The Morgan fingerprint density at radius 3 is 2.50 bits per heavy atom. The minimum absolute atomic E-state index is 0.0741. The molecular formula is C8H10O2. The molecule has 0 spiro atoms. The van der Waals surface area contributed by atoms with Gasteiger partial charge in [-0.25, -0.2) is 0 Å². The molecule has 1 saturated carbocycles. The van der Waals surface area contributed by atoms with Crippen molar-refractivity contribution in [2.45, 2.75) is 12.8 Å². The third kappa shape index (κ3) is 0.681. The van der Waals surface area contributed by atoms with E-state index < -0.39 is 5.97 Å². The zero-order valence-corrected chi connectivity index (χ0v) is 5.66. The van der Waals surface area contributed by atoms with Gasteiger partial charge in [-0.15, -0.1) is 0 Å². The van der Waals surface area contributed by atoms with Crippen LogP contribution in [-0.4, -0.2) is 11.1 Å². The first-order valence-corrected chi connectivity index (χ1v) is 3.68. The van der Waals surface area contributed by atoms with Crippen LogP contribution >= 0.6 is 0 Å². The molecule has 0 aliphatic heterocycles. The van der Waals surface area contributed by atoms with Crippen molar-refractivity contribution < 1.29 is 9.90 Å². The number of carboxylic acid groups (broad SMARTS) is 1. The highest BCUT2D eigenvalue weighted by Gasteiger charge is 2.39. The van der Waals surface area contributed by atoms with E-state index in [-0.39, 0.29) is 5.92 Å². The Morgan fingerprint density at radius 1 is 1.40 bits per heavy atom. The Labute approximate surface area is 59.5 Å². The number of fused-ring (bicyclic) bond motifs is 2. The summed E-state index contributed by atoms with van der Waals surface area (Å²) in [7, 11) is 0. The number of carbonyl (C=O) groups is 1. The third-order valence-corrected chi connectivity index (χ3v) is 2.60. The first-order chi connectivity index (χ1) is 4.77. The van der Waals surface area contributed by atoms with E-state index in [9.17, 15) is 4.79 Å². The molecule has 0 aromatic carbocycles. The highest BCUT2D eigenvalue weighted by atomic mass is 16.4. The van der Waals surface area contributed by atoms with Gasteiger partial charge in [-0.1, -0.05) is 12.2 Å². The fourth-order valence-electron chi connectivity index (χ4n) is 2.06. The lowest BCUT2D eigenvalue weighted by molar-refractivity contribution is -0.142. The minimum Gasteiger partial charge on any atom is -0.481 e. The van der Waals surface area contributed by atoms with Gasteiger partial charge < -0.3 is 5.11 Å². The molecule has 10 heavy (non-hydrogen) atoms. The van der Waals surface area contributed by atoms with E-state index in [1.165, 1.54) is 0 Å². The van der Waals surface area contributed by atoms with E-state index in [0.29, 0.717) is 11.8 Å². The Morgan fingerprint density at radius 2 is 2.20 bits per heavy atom. The summed E-state index contributed by atoms with van der Waals surface area (Å²) in [4.78, 5) is 10.6. The van der Waals surface area contributed by atoms with Crippen molar-refractivity contribution in [2.75, 3.05) is 0 Å². The van der Waals surface area contributed by atoms with E-state index >= 15 is 0 Å². The molecule has 1 fully saturated rings. The van der Waals surface area contributed by atoms with Gasteiger partial charge in [0.15, 0.2) is 0 Å². The van der Waals surface area contributed by atoms with Crippen molar-refractivity contribution in [3.63, 3.8) is 0 Å². The monoisotopic (exact) mass is 138 g/mol. The smallest absolute Gasteiger partial charge is 0.307 e. The number of aliphatic carboxylic acids is 1. The molecule has 0 amide bonds. The summed E-state index contributed by atoms with van der Waals surface area (Å²) in [5.41, 5.74) is 0. The molecule has 0 heterocycles. The van der Waals surface area contributed by atoms with E-state index in [1.807, 2.05) is 0 Å². The van der Waals surface area contributed by atoms with Crippen LogP contribution in [0.5, 0.6) is 0 Å². The van der Waals surface area contributed by atoms with Gasteiger partial charge in [0.1, 0.15) is 0 Å². The van der Waals surface area contributed by atoms with Crippen LogP contribution in [0.15, 0.2) is 12.2 Å². The molecule has 0 aromatic heterocycles. The summed E-state index contributed by atoms with van der Waals surface area (Å²) in [5, 5.41) is 8.70. The van der Waals surface area contributed by atoms with Gasteiger partial charge in [0.2, 0.25) is 0 Å². The molecule has 0 saturated heterocycles. The van der Waals surface area contributed by atoms with Crippen molar-refractivity contribution in [2.24, 2.45) is 17.8 Å². The molecule has 0 radical (unpaired) electrons. The maximum Gasteiger partial charge on any atom is 0.307 e. The van der Waals surface area contributed by atoms with Crippen molar-refractivity contribution in [3.8, 4) is 0 Å². The Bertz CT molecular complexity index is 195. The lowest BCUT2D eigenvalue weighted by atomic mass is 9.94. The number of carboxylic acids is 1. The Hall–Kier alpha value is -0.790. The average molecular weight is 138 g/mol. The van der Waals surface area contributed by atoms with Gasteiger partial charge >= 0.3 is 5.97 Å². The second-order valence-electron chi connectivity index (χ2n) is 3.22. The van der Waals surface area contributed by atoms with E-state index in [4.69, 9.17) is 5.11 Å². The van der Waals surface area contributed by atoms with Crippen LogP contribution in [0.1, 0.15) is 12.8 Å². The van der Waals surface area contributed by atoms with Crippen LogP contribution < -0.4 is 0 Å². The van der Waals surface area contributed by atoms with E-state index in [2.05, 4.69) is 12.2 Å². The van der Waals surface area contributed by atoms with Crippen LogP contribution in [-0.2, 0) is 4.79 Å². The fourth-order valence-corrected chi connectivity index (χ4v) is 2.06. The summed E-state index contributed by atoms with van der Waals surface area (Å²) >= 11 is 0. The molecule has 0 aromatic rings. The highest BCUT2D eigenvalue weighted by molar-refractivity contribution is 5.71. The topological polar surface area (TPSA) is 37.3 Å². The molecule has 3 atom stereocenters. The molecule has 2 unspecified atom stereocenters. The summed E-state index contributed by atoms with van der Waals surface area (Å²) in [6.45, 7) is 0. The van der Waals surface area contributed by atoms with Crippen LogP contribution in [0, 0.1) is 17.8 Å². The van der Waals surface area contributed by atoms with Gasteiger partial charge in [-0.3, -0.25) is 4.79 Å². The highest BCUT2D eigenvalue weighted by Crippen LogP contribution is 2.43. The minimum atomic E-state index is -0.614. The summed E-state index contributed by atoms with van der Waals surface area (Å²) in [5.74, 6) is 0.237. The summed E-state index contributed by atoms with van der Waals surface area (Å²) in [6.07, 6.45) is 6.17. The van der Waals surface area contributed by atoms with Crippen LogP contribution in [0.25, 0.3) is 0 Å². The SMILES string of the molecule is O=C(O)C1CC2C=C[C@@H]1C2. The predicted molar refractivity (Wildman–Crippen MR) is 36.5 cm³/mol. The van der Waals surface area contributed by atoms with Crippen LogP contribution in [0.4, 0.5) is 0 Å². The standard InChI is InChI=1S/C8H10O2/c9-8(10)7-4-5-1-2-6(7)3-5/h1-2,5-7H,3-4H2,(H,9,10)/t5?,6-,7?/m1/s1. The van der Waals surface area contributed by atoms with Crippen molar-refractivity contribution >= 4 is 5.97 Å². The zero-order valence-electron chi connectivity index (χ0n) is 5.66. The molecule has 2 aliphatic rings. The molecular weight excluding hydrogens is 128 g/mol. The van der Waals surface area contributed by atoms with Crippen molar-refractivity contribution in [3.05, 3.63) is 12.2 Å². The molecule has 2 nitrogen and oxygen atoms in total. The Kier molecular flexibility index (Phi) is 1.10. The lowest BCUT2D eigenvalue weighted by Gasteiger charge is -2.11.